The van der Waals surface area contributed by atoms with Gasteiger partial charge in [0.15, 0.2) is 5.76 Å². The summed E-state index contributed by atoms with van der Waals surface area (Å²) in [5.41, 5.74) is 0.845. The first-order chi connectivity index (χ1) is 8.99. The Morgan fingerprint density at radius 2 is 2.11 bits per heavy atom. The van der Waals surface area contributed by atoms with E-state index in [1.165, 1.54) is 11.0 Å². The van der Waals surface area contributed by atoms with Crippen molar-refractivity contribution >= 4 is 11.9 Å². The summed E-state index contributed by atoms with van der Waals surface area (Å²) in [6, 6.07) is 2.99. The van der Waals surface area contributed by atoms with Gasteiger partial charge in [0.1, 0.15) is 12.0 Å². The Morgan fingerprint density at radius 1 is 1.37 bits per heavy atom. The molecule has 0 saturated carbocycles. The van der Waals surface area contributed by atoms with Crippen LogP contribution in [0, 0.1) is 6.92 Å². The van der Waals surface area contributed by atoms with Crippen LogP contribution in [0.25, 0.3) is 0 Å². The van der Waals surface area contributed by atoms with Gasteiger partial charge in [0.25, 0.3) is 5.91 Å². The molecule has 100 valence electrons. The molecule has 6 heteroatoms. The van der Waals surface area contributed by atoms with Crippen molar-refractivity contribution in [2.45, 2.75) is 13.5 Å². The minimum Gasteiger partial charge on any atom is -0.478 e. The molecular weight excluding hydrogens is 250 g/mol. The van der Waals surface area contributed by atoms with Crippen molar-refractivity contribution in [3.05, 3.63) is 47.3 Å². The van der Waals surface area contributed by atoms with E-state index >= 15 is 0 Å². The lowest BCUT2D eigenvalue weighted by molar-refractivity contribution is 0.0695. The van der Waals surface area contributed by atoms with Crippen LogP contribution < -0.4 is 0 Å². The first-order valence-electron chi connectivity index (χ1n) is 5.59. The van der Waals surface area contributed by atoms with Crippen molar-refractivity contribution in [2.75, 3.05) is 7.05 Å². The van der Waals surface area contributed by atoms with E-state index in [2.05, 4.69) is 0 Å². The summed E-state index contributed by atoms with van der Waals surface area (Å²) in [4.78, 5) is 24.2. The molecule has 0 saturated heterocycles. The van der Waals surface area contributed by atoms with E-state index in [0.29, 0.717) is 6.54 Å². The second-order valence-electron chi connectivity index (χ2n) is 4.17. The first-order valence-corrected chi connectivity index (χ1v) is 5.59. The largest absolute Gasteiger partial charge is 0.478 e. The molecule has 0 aliphatic carbocycles. The van der Waals surface area contributed by atoms with Gasteiger partial charge < -0.3 is 18.8 Å². The Balaban J connectivity index is 2.10. The topological polar surface area (TPSA) is 83.9 Å². The lowest BCUT2D eigenvalue weighted by atomic mass is 10.2. The van der Waals surface area contributed by atoms with E-state index in [1.54, 1.807) is 19.4 Å². The van der Waals surface area contributed by atoms with Gasteiger partial charge in [0, 0.05) is 25.2 Å². The van der Waals surface area contributed by atoms with Crippen molar-refractivity contribution in [3.63, 3.8) is 0 Å². The molecule has 2 aromatic rings. The second kappa shape index (κ2) is 5.01. The molecule has 0 unspecified atom stereocenters. The molecule has 19 heavy (non-hydrogen) atoms. The quantitative estimate of drug-likeness (QED) is 0.913. The predicted molar refractivity (Wildman–Crippen MR) is 64.9 cm³/mol. The number of carbonyl (C=O) groups is 2. The normalized spacial score (nSPS) is 10.4. The number of aromatic carboxylic acids is 1. The molecule has 6 nitrogen and oxygen atoms in total. The number of aryl methyl sites for hydroxylation is 1. The van der Waals surface area contributed by atoms with Crippen LogP contribution in [0.15, 0.2) is 33.5 Å². The van der Waals surface area contributed by atoms with E-state index < -0.39 is 5.97 Å². The standard InChI is InChI=1S/C13H13NO5/c1-8-9(3-4-18-8)6-14(2)12(15)11-5-10(7-19-11)13(16)17/h3-5,7H,6H2,1-2H3,(H,16,17). The van der Waals surface area contributed by atoms with E-state index in [-0.39, 0.29) is 17.2 Å². The maximum Gasteiger partial charge on any atom is 0.338 e. The lowest BCUT2D eigenvalue weighted by Gasteiger charge is -2.14. The molecular formula is C13H13NO5. The van der Waals surface area contributed by atoms with Crippen molar-refractivity contribution < 1.29 is 23.5 Å². The number of carboxylic acid groups (broad SMARTS) is 1. The van der Waals surface area contributed by atoms with Crippen molar-refractivity contribution in [2.24, 2.45) is 0 Å². The van der Waals surface area contributed by atoms with E-state index in [0.717, 1.165) is 17.6 Å². The number of hydrogen-bond acceptors (Lipinski definition) is 4. The minimum absolute atomic E-state index is 0.000970. The van der Waals surface area contributed by atoms with Gasteiger partial charge in [0.05, 0.1) is 11.8 Å². The van der Waals surface area contributed by atoms with Crippen molar-refractivity contribution in [1.82, 2.24) is 4.90 Å². The summed E-state index contributed by atoms with van der Waals surface area (Å²) in [5, 5.41) is 8.77. The third-order valence-electron chi connectivity index (χ3n) is 2.78. The van der Waals surface area contributed by atoms with Crippen LogP contribution in [0.5, 0.6) is 0 Å². The Kier molecular flexibility index (Phi) is 3.41. The van der Waals surface area contributed by atoms with Gasteiger partial charge in [-0.3, -0.25) is 4.79 Å². The van der Waals surface area contributed by atoms with Gasteiger partial charge >= 0.3 is 5.97 Å². The van der Waals surface area contributed by atoms with Crippen molar-refractivity contribution in [3.8, 4) is 0 Å². The third kappa shape index (κ3) is 2.67. The second-order valence-corrected chi connectivity index (χ2v) is 4.17. The fraction of sp³-hybridized carbons (Fsp3) is 0.231. The van der Waals surface area contributed by atoms with Gasteiger partial charge in [-0.2, -0.15) is 0 Å². The smallest absolute Gasteiger partial charge is 0.338 e. The average Bonchev–Trinajstić information content (AvgIpc) is 2.98. The van der Waals surface area contributed by atoms with Gasteiger partial charge in [-0.25, -0.2) is 4.79 Å². The number of hydrogen-bond donors (Lipinski definition) is 1. The minimum atomic E-state index is -1.13. The summed E-state index contributed by atoms with van der Waals surface area (Å²) in [6.45, 7) is 2.17. The number of nitrogens with zero attached hydrogens (tertiary/aromatic N) is 1. The maximum atomic E-state index is 12.0. The molecule has 1 N–H and O–H groups in total. The predicted octanol–water partition coefficient (Wildman–Crippen LogP) is 2.15. The van der Waals surface area contributed by atoms with Gasteiger partial charge in [-0.1, -0.05) is 0 Å². The fourth-order valence-electron chi connectivity index (χ4n) is 1.65. The number of carbonyl (C=O) groups excluding carboxylic acids is 1. The molecule has 0 atom stereocenters. The van der Waals surface area contributed by atoms with E-state index in [4.69, 9.17) is 13.9 Å². The third-order valence-corrected chi connectivity index (χ3v) is 2.78. The van der Waals surface area contributed by atoms with Gasteiger partial charge in [-0.05, 0) is 13.0 Å². The molecule has 0 aliphatic heterocycles. The summed E-state index contributed by atoms with van der Waals surface area (Å²) in [6.07, 6.45) is 2.60. The van der Waals surface area contributed by atoms with Crippen LogP contribution in [0.3, 0.4) is 0 Å². The Morgan fingerprint density at radius 3 is 2.63 bits per heavy atom. The summed E-state index contributed by atoms with van der Waals surface area (Å²) >= 11 is 0. The Bertz CT molecular complexity index is 610. The van der Waals surface area contributed by atoms with Crippen LogP contribution in [0.2, 0.25) is 0 Å². The number of rotatable bonds is 4. The fourth-order valence-corrected chi connectivity index (χ4v) is 1.65. The number of furan rings is 2. The van der Waals surface area contributed by atoms with Gasteiger partial charge in [0.2, 0.25) is 0 Å². The highest BCUT2D eigenvalue weighted by Crippen LogP contribution is 2.15. The molecule has 0 spiro atoms. The molecule has 0 fully saturated rings. The zero-order chi connectivity index (χ0) is 14.0. The molecule has 2 heterocycles. The molecule has 2 rings (SSSR count). The first kappa shape index (κ1) is 12.9. The number of carboxylic acids is 1. The van der Waals surface area contributed by atoms with Crippen LogP contribution in [0.4, 0.5) is 0 Å². The summed E-state index contributed by atoms with van der Waals surface area (Å²) < 4.78 is 10.1. The van der Waals surface area contributed by atoms with E-state index in [9.17, 15) is 9.59 Å². The number of amides is 1. The SMILES string of the molecule is Cc1occc1CN(C)C(=O)c1cc(C(=O)O)co1. The molecule has 0 aliphatic rings. The maximum absolute atomic E-state index is 12.0. The zero-order valence-electron chi connectivity index (χ0n) is 10.5. The average molecular weight is 263 g/mol. The highest BCUT2D eigenvalue weighted by Gasteiger charge is 2.19. The van der Waals surface area contributed by atoms with Gasteiger partial charge in [-0.15, -0.1) is 0 Å². The van der Waals surface area contributed by atoms with Crippen LogP contribution in [-0.4, -0.2) is 28.9 Å². The molecule has 2 aromatic heterocycles. The molecule has 0 radical (unpaired) electrons. The summed E-state index contributed by atoms with van der Waals surface area (Å²) in [7, 11) is 1.61. The molecule has 1 amide bonds. The van der Waals surface area contributed by atoms with E-state index in [1.807, 2.05) is 6.92 Å². The lowest BCUT2D eigenvalue weighted by Crippen LogP contribution is -2.25. The zero-order valence-corrected chi connectivity index (χ0v) is 10.5. The molecule has 0 bridgehead atoms. The Hall–Kier alpha value is -2.50. The highest BCUT2D eigenvalue weighted by atomic mass is 16.4. The highest BCUT2D eigenvalue weighted by molar-refractivity contribution is 5.95. The van der Waals surface area contributed by atoms with Crippen LogP contribution in [-0.2, 0) is 6.54 Å². The van der Waals surface area contributed by atoms with Crippen molar-refractivity contribution in [1.29, 1.82) is 0 Å². The van der Waals surface area contributed by atoms with Crippen LogP contribution in [0.1, 0.15) is 32.2 Å². The Labute approximate surface area is 109 Å². The molecule has 0 aromatic carbocycles. The summed E-state index contributed by atoms with van der Waals surface area (Å²) in [5.74, 6) is -0.768. The van der Waals surface area contributed by atoms with Crippen LogP contribution >= 0.6 is 0 Å². The monoisotopic (exact) mass is 263 g/mol.